The van der Waals surface area contributed by atoms with Crippen molar-refractivity contribution in [1.29, 1.82) is 0 Å². The summed E-state index contributed by atoms with van der Waals surface area (Å²) in [6.45, 7) is 18.9. The molecule has 16 heteroatoms. The third kappa shape index (κ3) is 13.1. The molecule has 6 atom stereocenters. The lowest BCUT2D eigenvalue weighted by Crippen LogP contribution is -2.34. The number of hydrogen-bond donors (Lipinski definition) is 6. The van der Waals surface area contributed by atoms with Gasteiger partial charge in [-0.15, -0.1) is 0 Å². The largest absolute Gasteiger partial charge is 0.465 e. The molecule has 3 aliphatic rings. The first kappa shape index (κ1) is 51.7. The number of aliphatic hydroxyl groups is 3. The Morgan fingerprint density at radius 3 is 1.10 bits per heavy atom. The van der Waals surface area contributed by atoms with Crippen LogP contribution in [-0.2, 0) is 29.7 Å². The maximum atomic E-state index is 12.0. The first-order valence-corrected chi connectivity index (χ1v) is 24.1. The van der Waals surface area contributed by atoms with Crippen molar-refractivity contribution in [3.05, 3.63) is 107 Å². The molecule has 3 fully saturated rings. The monoisotopic (exact) mass is 938 g/mol. The molecule has 16 nitrogen and oxygen atoms in total. The van der Waals surface area contributed by atoms with Crippen molar-refractivity contribution in [2.24, 2.45) is 0 Å². The normalized spacial score (nSPS) is 21.7. The quantitative estimate of drug-likeness (QED) is 0.0816. The van der Waals surface area contributed by atoms with Gasteiger partial charge in [-0.05, 0) is 131 Å². The minimum absolute atomic E-state index is 0.0838. The first-order chi connectivity index (χ1) is 31.9. The summed E-state index contributed by atoms with van der Waals surface area (Å²) < 4.78 is 5.46. The number of nitrogens with zero attached hydrogens (tertiary/aromatic N) is 8. The highest BCUT2D eigenvalue weighted by molar-refractivity contribution is 5.85. The van der Waals surface area contributed by atoms with Crippen molar-refractivity contribution in [2.75, 3.05) is 15.5 Å². The van der Waals surface area contributed by atoms with Crippen molar-refractivity contribution in [3.8, 4) is 0 Å². The zero-order valence-corrected chi connectivity index (χ0v) is 41.5. The minimum atomic E-state index is -1.00. The highest BCUT2D eigenvalue weighted by atomic mass is 16.4. The molecule has 2 aromatic carbocycles. The second kappa shape index (κ2) is 21.3. The highest BCUT2D eigenvalue weighted by Gasteiger charge is 2.34. The number of anilines is 3. The zero-order chi connectivity index (χ0) is 49.7. The van der Waals surface area contributed by atoms with E-state index < -0.39 is 12.2 Å². The summed E-state index contributed by atoms with van der Waals surface area (Å²) in [6.07, 6.45) is 4.66. The Hall–Kier alpha value is -5.71. The molecule has 3 aliphatic carbocycles. The van der Waals surface area contributed by atoms with E-state index >= 15 is 0 Å². The molecule has 2 amide bonds. The van der Waals surface area contributed by atoms with E-state index in [4.69, 9.17) is 15.9 Å². The smallest absolute Gasteiger partial charge is 0.413 e. The maximum Gasteiger partial charge on any atom is 0.413 e. The Morgan fingerprint density at radius 1 is 0.529 bits per heavy atom. The van der Waals surface area contributed by atoms with Gasteiger partial charge in [-0.25, -0.2) is 23.6 Å². The number of benzene rings is 2. The summed E-state index contributed by atoms with van der Waals surface area (Å²) in [7, 11) is 0. The molecule has 3 saturated carbocycles. The maximum absolute atomic E-state index is 12.0. The van der Waals surface area contributed by atoms with E-state index in [0.29, 0.717) is 36.2 Å². The predicted molar refractivity (Wildman–Crippen MR) is 265 cm³/mol. The Balaban J connectivity index is 0.000000173. The second-order valence-corrected chi connectivity index (χ2v) is 21.8. The molecule has 0 unspecified atom stereocenters. The average molecular weight is 938 g/mol. The molecule has 370 valence electrons. The Labute approximate surface area is 401 Å². The van der Waals surface area contributed by atoms with Crippen LogP contribution in [0.2, 0.25) is 0 Å². The van der Waals surface area contributed by atoms with E-state index in [1.807, 2.05) is 125 Å². The van der Waals surface area contributed by atoms with E-state index in [-0.39, 0.29) is 59.9 Å². The molecule has 0 aliphatic heterocycles. The Morgan fingerprint density at radius 2 is 0.838 bits per heavy atom. The highest BCUT2D eigenvalue weighted by Crippen LogP contribution is 2.39. The fourth-order valence-corrected chi connectivity index (χ4v) is 9.40. The van der Waals surface area contributed by atoms with E-state index in [2.05, 4.69) is 25.9 Å². The van der Waals surface area contributed by atoms with Crippen LogP contribution in [0.25, 0.3) is 0 Å². The molecule has 7 N–H and O–H groups in total. The molecule has 8 rings (SSSR count). The second-order valence-electron chi connectivity index (χ2n) is 21.8. The summed E-state index contributed by atoms with van der Waals surface area (Å²) in [5.74, 6) is 2.60. The first-order valence-electron chi connectivity index (χ1n) is 24.1. The number of aromatic nitrogens is 6. The van der Waals surface area contributed by atoms with Crippen molar-refractivity contribution < 1.29 is 35.1 Å². The van der Waals surface area contributed by atoms with E-state index in [1.54, 1.807) is 9.36 Å². The van der Waals surface area contributed by atoms with Gasteiger partial charge in [0.2, 0.25) is 0 Å². The number of hydrogen-bond acceptors (Lipinski definition) is 9. The molecule has 68 heavy (non-hydrogen) atoms. The van der Waals surface area contributed by atoms with Crippen LogP contribution < -0.4 is 15.5 Å². The summed E-state index contributed by atoms with van der Waals surface area (Å²) in [6, 6.07) is 24.8. The van der Waals surface area contributed by atoms with Gasteiger partial charge in [-0.2, -0.15) is 15.3 Å². The number of nitrogen functional groups attached to an aromatic ring is 1. The Bertz CT molecular complexity index is 2300. The van der Waals surface area contributed by atoms with Gasteiger partial charge in [0, 0.05) is 36.0 Å². The third-order valence-corrected chi connectivity index (χ3v) is 12.9. The van der Waals surface area contributed by atoms with Gasteiger partial charge in [0.05, 0.1) is 65.1 Å². The zero-order valence-electron chi connectivity index (χ0n) is 41.5. The van der Waals surface area contributed by atoms with Crippen LogP contribution in [0.4, 0.5) is 27.0 Å². The molecule has 3 heterocycles. The number of nitrogens with two attached hydrogens (primary N) is 1. The summed E-state index contributed by atoms with van der Waals surface area (Å²) in [4.78, 5) is 26.7. The molecule has 0 spiro atoms. The van der Waals surface area contributed by atoms with Crippen LogP contribution >= 0.6 is 0 Å². The topological polar surface area (TPSA) is 221 Å². The lowest BCUT2D eigenvalue weighted by molar-refractivity contribution is 0.180. The SMILES string of the molecule is CC(C)(C)n1nc([C@@H]2CC[C@H](O)C2)cc1N(Cc1ccccc1)C(=O)O.CC(C)(C)n1nc([C@H]2CC[C@@H](O)C2)cc1N.CC(C)(C)n1nc([C@H]2CC[C@@H](O)C2)cc1N(Cc1ccccc1)C(=O)O. The summed E-state index contributed by atoms with van der Waals surface area (Å²) in [5.41, 5.74) is 9.80. The van der Waals surface area contributed by atoms with E-state index in [0.717, 1.165) is 73.2 Å². The van der Waals surface area contributed by atoms with Crippen molar-refractivity contribution in [1.82, 2.24) is 29.3 Å². The van der Waals surface area contributed by atoms with E-state index in [9.17, 15) is 35.1 Å². The van der Waals surface area contributed by atoms with Crippen LogP contribution in [-0.4, -0.2) is 85.4 Å². The predicted octanol–water partition coefficient (Wildman–Crippen LogP) is 9.75. The number of rotatable bonds is 9. The van der Waals surface area contributed by atoms with Gasteiger partial charge in [0.15, 0.2) is 0 Å². The lowest BCUT2D eigenvalue weighted by Gasteiger charge is -2.27. The van der Waals surface area contributed by atoms with Gasteiger partial charge in [0.25, 0.3) is 0 Å². The van der Waals surface area contributed by atoms with Gasteiger partial charge in [-0.3, -0.25) is 9.80 Å². The van der Waals surface area contributed by atoms with Gasteiger partial charge < -0.3 is 31.3 Å². The summed E-state index contributed by atoms with van der Waals surface area (Å²) in [5, 5.41) is 63.0. The molecular weight excluding hydrogens is 863 g/mol. The van der Waals surface area contributed by atoms with Crippen LogP contribution in [0.1, 0.15) is 166 Å². The molecular formula is C52H75N9O7. The van der Waals surface area contributed by atoms with Crippen molar-refractivity contribution in [3.63, 3.8) is 0 Å². The van der Waals surface area contributed by atoms with Crippen LogP contribution in [0.3, 0.4) is 0 Å². The van der Waals surface area contributed by atoms with Crippen LogP contribution in [0.5, 0.6) is 0 Å². The number of aliphatic hydroxyl groups excluding tert-OH is 3. The minimum Gasteiger partial charge on any atom is -0.465 e. The molecule has 0 bridgehead atoms. The molecule has 3 aromatic heterocycles. The standard InChI is InChI=1S/2C20H27N3O3.C12H21N3O/c2*1-20(2,3)23-18(12-17(21-23)15-9-10-16(24)11-15)22(19(25)26)13-14-7-5-4-6-8-14;1-12(2,3)15-11(13)7-10(14-15)8-4-5-9(16)6-8/h2*4-8,12,15-16,24H,9-11,13H2,1-3H3,(H,25,26);7-9,16H,4-6,13H2,1-3H3/t2*15-,16+;8-,9+/m100/s1. The van der Waals surface area contributed by atoms with E-state index in [1.165, 1.54) is 9.80 Å². The average Bonchev–Trinajstić information content (AvgIpc) is 4.12. The van der Waals surface area contributed by atoms with Crippen LogP contribution in [0.15, 0.2) is 78.9 Å². The van der Waals surface area contributed by atoms with Crippen LogP contribution in [0, 0.1) is 0 Å². The van der Waals surface area contributed by atoms with Gasteiger partial charge >= 0.3 is 12.2 Å². The Kier molecular flexibility index (Phi) is 16.2. The van der Waals surface area contributed by atoms with Gasteiger partial charge in [0.1, 0.15) is 17.5 Å². The van der Waals surface area contributed by atoms with Crippen molar-refractivity contribution in [2.45, 2.75) is 186 Å². The summed E-state index contributed by atoms with van der Waals surface area (Å²) >= 11 is 0. The fourth-order valence-electron chi connectivity index (χ4n) is 9.40. The van der Waals surface area contributed by atoms with Crippen molar-refractivity contribution >= 4 is 29.6 Å². The van der Waals surface area contributed by atoms with Gasteiger partial charge in [-0.1, -0.05) is 60.7 Å². The number of carboxylic acid groups (broad SMARTS) is 2. The number of carbonyl (C=O) groups is 2. The molecule has 5 aromatic rings. The third-order valence-electron chi connectivity index (χ3n) is 12.9. The lowest BCUT2D eigenvalue weighted by atomic mass is 10.0. The molecule has 0 radical (unpaired) electrons. The fraction of sp³-hybridized carbons (Fsp3) is 0.558. The number of amides is 2. The molecule has 0 saturated heterocycles.